The molecule has 0 amide bonds. The van der Waals surface area contributed by atoms with Gasteiger partial charge in [-0.05, 0) is 45.2 Å². The molecule has 0 unspecified atom stereocenters. The molecule has 3 heteroatoms. The van der Waals surface area contributed by atoms with Crippen molar-refractivity contribution in [2.45, 2.75) is 38.6 Å². The van der Waals surface area contributed by atoms with Gasteiger partial charge in [0.1, 0.15) is 0 Å². The molecule has 1 saturated carbocycles. The molecule has 0 spiro atoms. The third-order valence-corrected chi connectivity index (χ3v) is 2.72. The van der Waals surface area contributed by atoms with E-state index in [1.54, 1.807) is 0 Å². The summed E-state index contributed by atoms with van der Waals surface area (Å²) in [7, 11) is 2.02. The molecule has 1 aromatic rings. The number of nitrogens with one attached hydrogen (secondary N) is 1. The van der Waals surface area contributed by atoms with Crippen LogP contribution in [-0.4, -0.2) is 22.4 Å². The lowest BCUT2D eigenvalue weighted by molar-refractivity contribution is 0.619. The van der Waals surface area contributed by atoms with Crippen LogP contribution in [0.15, 0.2) is 6.07 Å². The Morgan fingerprint density at radius 1 is 1.57 bits per heavy atom. The lowest BCUT2D eigenvalue weighted by Crippen LogP contribution is -2.18. The molecule has 78 valence electrons. The van der Waals surface area contributed by atoms with Gasteiger partial charge < -0.3 is 5.32 Å². The maximum absolute atomic E-state index is 4.33. The summed E-state index contributed by atoms with van der Waals surface area (Å²) >= 11 is 0. The highest BCUT2D eigenvalue weighted by Crippen LogP contribution is 2.18. The van der Waals surface area contributed by atoms with E-state index in [9.17, 15) is 0 Å². The van der Waals surface area contributed by atoms with Crippen LogP contribution in [0.5, 0.6) is 0 Å². The van der Waals surface area contributed by atoms with Crippen molar-refractivity contribution in [1.82, 2.24) is 15.1 Å². The maximum Gasteiger partial charge on any atom is 0.0596 e. The fourth-order valence-electron chi connectivity index (χ4n) is 1.76. The zero-order valence-corrected chi connectivity index (χ0v) is 9.08. The van der Waals surface area contributed by atoms with Gasteiger partial charge in [-0.1, -0.05) is 0 Å². The summed E-state index contributed by atoms with van der Waals surface area (Å²) in [6, 6.07) is 3.01. The summed E-state index contributed by atoms with van der Waals surface area (Å²) in [5.41, 5.74) is 2.47. The van der Waals surface area contributed by atoms with Gasteiger partial charge in [0.05, 0.1) is 5.69 Å². The first-order chi connectivity index (χ1) is 6.75. The Balaban J connectivity index is 1.70. The Morgan fingerprint density at radius 3 is 2.93 bits per heavy atom. The van der Waals surface area contributed by atoms with Crippen molar-refractivity contribution < 1.29 is 0 Å². The fraction of sp³-hybridized carbons (Fsp3) is 0.727. The molecule has 1 aromatic heterocycles. The molecule has 0 bridgehead atoms. The second-order valence-corrected chi connectivity index (χ2v) is 4.23. The van der Waals surface area contributed by atoms with Crippen molar-refractivity contribution in [3.63, 3.8) is 0 Å². The van der Waals surface area contributed by atoms with Gasteiger partial charge in [0, 0.05) is 18.8 Å². The zero-order valence-electron chi connectivity index (χ0n) is 9.08. The minimum atomic E-state index is 0.836. The summed E-state index contributed by atoms with van der Waals surface area (Å²) < 4.78 is 1.99. The topological polar surface area (TPSA) is 29.9 Å². The van der Waals surface area contributed by atoms with Crippen LogP contribution in [-0.2, 0) is 13.5 Å². The third-order valence-electron chi connectivity index (χ3n) is 2.72. The molecule has 0 saturated heterocycles. The fourth-order valence-corrected chi connectivity index (χ4v) is 1.76. The van der Waals surface area contributed by atoms with Crippen molar-refractivity contribution in [2.75, 3.05) is 6.54 Å². The van der Waals surface area contributed by atoms with Gasteiger partial charge in [0.15, 0.2) is 0 Å². The predicted molar refractivity (Wildman–Crippen MR) is 57.3 cm³/mol. The number of rotatable bonds is 5. The zero-order chi connectivity index (χ0) is 9.97. The Bertz CT molecular complexity index is 299. The van der Waals surface area contributed by atoms with Crippen molar-refractivity contribution in [1.29, 1.82) is 0 Å². The molecular weight excluding hydrogens is 174 g/mol. The first-order valence-corrected chi connectivity index (χ1v) is 5.48. The van der Waals surface area contributed by atoms with E-state index >= 15 is 0 Å². The average molecular weight is 193 g/mol. The second-order valence-electron chi connectivity index (χ2n) is 4.23. The summed E-state index contributed by atoms with van der Waals surface area (Å²) in [4.78, 5) is 0. The van der Waals surface area contributed by atoms with Crippen molar-refractivity contribution in [3.8, 4) is 0 Å². The highest BCUT2D eigenvalue weighted by atomic mass is 15.3. The van der Waals surface area contributed by atoms with Crippen LogP contribution >= 0.6 is 0 Å². The van der Waals surface area contributed by atoms with Gasteiger partial charge in [-0.25, -0.2) is 0 Å². The predicted octanol–water partition coefficient (Wildman–Crippen LogP) is 1.41. The highest BCUT2D eigenvalue weighted by molar-refractivity contribution is 5.08. The Kier molecular flexibility index (Phi) is 2.87. The average Bonchev–Trinajstić information content (AvgIpc) is 2.88. The lowest BCUT2D eigenvalue weighted by atomic mass is 10.2. The molecule has 3 nitrogen and oxygen atoms in total. The number of nitrogens with zero attached hydrogens (tertiary/aromatic N) is 2. The maximum atomic E-state index is 4.33. The Labute approximate surface area is 85.5 Å². The normalized spacial score (nSPS) is 16.1. The van der Waals surface area contributed by atoms with E-state index in [1.165, 1.54) is 25.0 Å². The summed E-state index contributed by atoms with van der Waals surface area (Å²) in [5, 5.41) is 7.86. The van der Waals surface area contributed by atoms with Gasteiger partial charge in [0.2, 0.25) is 0 Å². The SMILES string of the molecule is Cc1cc(CCCNC2CC2)n(C)n1. The molecule has 1 fully saturated rings. The number of aryl methyl sites for hydroxylation is 3. The number of aromatic nitrogens is 2. The van der Waals surface area contributed by atoms with Gasteiger partial charge in [-0.3, -0.25) is 4.68 Å². The molecular formula is C11H19N3. The molecule has 1 aliphatic rings. The van der Waals surface area contributed by atoms with E-state index in [4.69, 9.17) is 0 Å². The largest absolute Gasteiger partial charge is 0.314 e. The van der Waals surface area contributed by atoms with Crippen LogP contribution in [0.25, 0.3) is 0 Å². The molecule has 1 heterocycles. The number of hydrogen-bond donors (Lipinski definition) is 1. The molecule has 0 aliphatic heterocycles. The molecule has 0 radical (unpaired) electrons. The Hall–Kier alpha value is -0.830. The Morgan fingerprint density at radius 2 is 2.36 bits per heavy atom. The third kappa shape index (κ3) is 2.58. The molecule has 0 atom stereocenters. The lowest BCUT2D eigenvalue weighted by Gasteiger charge is -2.02. The minimum Gasteiger partial charge on any atom is -0.314 e. The molecule has 14 heavy (non-hydrogen) atoms. The van der Waals surface area contributed by atoms with Crippen LogP contribution in [0.3, 0.4) is 0 Å². The van der Waals surface area contributed by atoms with Crippen molar-refractivity contribution in [3.05, 3.63) is 17.5 Å². The molecule has 0 aromatic carbocycles. The standard InChI is InChI=1S/C11H19N3/c1-9-8-11(14(2)13-9)4-3-7-12-10-5-6-10/h8,10,12H,3-7H2,1-2H3. The quantitative estimate of drug-likeness (QED) is 0.717. The van der Waals surface area contributed by atoms with Crippen molar-refractivity contribution >= 4 is 0 Å². The monoisotopic (exact) mass is 193 g/mol. The van der Waals surface area contributed by atoms with Gasteiger partial charge >= 0.3 is 0 Å². The molecule has 2 rings (SSSR count). The van der Waals surface area contributed by atoms with Crippen molar-refractivity contribution in [2.24, 2.45) is 7.05 Å². The molecule has 1 N–H and O–H groups in total. The summed E-state index contributed by atoms with van der Waals surface area (Å²) in [5.74, 6) is 0. The van der Waals surface area contributed by atoms with E-state index < -0.39 is 0 Å². The highest BCUT2D eigenvalue weighted by Gasteiger charge is 2.19. The van der Waals surface area contributed by atoms with Crippen LogP contribution in [0.2, 0.25) is 0 Å². The summed E-state index contributed by atoms with van der Waals surface area (Å²) in [6.45, 7) is 3.20. The van der Waals surface area contributed by atoms with E-state index in [0.29, 0.717) is 0 Å². The van der Waals surface area contributed by atoms with E-state index in [1.807, 2.05) is 18.7 Å². The van der Waals surface area contributed by atoms with Crippen LogP contribution < -0.4 is 5.32 Å². The second kappa shape index (κ2) is 4.13. The van der Waals surface area contributed by atoms with Gasteiger partial charge in [-0.15, -0.1) is 0 Å². The van der Waals surface area contributed by atoms with Crippen LogP contribution in [0, 0.1) is 6.92 Å². The number of hydrogen-bond acceptors (Lipinski definition) is 2. The first-order valence-electron chi connectivity index (χ1n) is 5.48. The first kappa shape index (κ1) is 9.71. The smallest absolute Gasteiger partial charge is 0.0596 e. The van der Waals surface area contributed by atoms with E-state index in [2.05, 4.69) is 16.5 Å². The van der Waals surface area contributed by atoms with E-state index in [-0.39, 0.29) is 0 Å². The summed E-state index contributed by atoms with van der Waals surface area (Å²) in [6.07, 6.45) is 5.11. The molecule has 1 aliphatic carbocycles. The van der Waals surface area contributed by atoms with E-state index in [0.717, 1.165) is 24.7 Å². The van der Waals surface area contributed by atoms with Gasteiger partial charge in [-0.2, -0.15) is 5.10 Å². The minimum absolute atomic E-state index is 0.836. The van der Waals surface area contributed by atoms with Gasteiger partial charge in [0.25, 0.3) is 0 Å². The van der Waals surface area contributed by atoms with Crippen LogP contribution in [0.4, 0.5) is 0 Å². The van der Waals surface area contributed by atoms with Crippen LogP contribution in [0.1, 0.15) is 30.7 Å².